The van der Waals surface area contributed by atoms with Gasteiger partial charge < -0.3 is 19.4 Å². The molecule has 14 nitrogen and oxygen atoms in total. The maximum Gasteiger partial charge on any atom is 0.419 e. The number of fused-ring (bicyclic) bond motifs is 2. The molecular weight excluding hydrogens is 837 g/mol. The van der Waals surface area contributed by atoms with E-state index in [1.165, 1.54) is 6.07 Å². The molecule has 2 aromatic carbocycles. The van der Waals surface area contributed by atoms with Gasteiger partial charge in [-0.2, -0.15) is 18.4 Å². The summed E-state index contributed by atoms with van der Waals surface area (Å²) in [7, 11) is 0. The zero-order valence-corrected chi connectivity index (χ0v) is 35.9. The minimum atomic E-state index is -4.78. The average molecular weight is 885 g/mol. The number of halogens is 4. The molecule has 6 heterocycles. The SMILES string of the molecule is CC1(C)[C@H](Oc2cnc(C#N)c(C(F)(F)F)c2)C(C)(C)[C@H]1N1Cc2cc(N3CCN(CC4(F)CCN(c5ccc6c(c5)C(=O)N(C5CCC(=O)NC5=O)C6=O)CC4)CC3)ccc2C1=O. The average Bonchev–Trinajstić information content (AvgIpc) is 3.69. The molecule has 9 rings (SSSR count). The van der Waals surface area contributed by atoms with Gasteiger partial charge in [-0.1, -0.05) is 27.7 Å². The van der Waals surface area contributed by atoms with Gasteiger partial charge in [0.05, 0.1) is 22.9 Å². The normalized spacial score (nSPS) is 25.2. The third-order valence-electron chi connectivity index (χ3n) is 14.2. The van der Waals surface area contributed by atoms with Crippen molar-refractivity contribution in [2.24, 2.45) is 10.8 Å². The van der Waals surface area contributed by atoms with E-state index in [-0.39, 0.29) is 61.1 Å². The molecule has 5 aliphatic heterocycles. The van der Waals surface area contributed by atoms with Crippen LogP contribution in [0.3, 0.4) is 0 Å². The van der Waals surface area contributed by atoms with Crippen molar-refractivity contribution in [2.75, 3.05) is 55.6 Å². The van der Waals surface area contributed by atoms with Crippen molar-refractivity contribution in [2.45, 2.75) is 90.0 Å². The predicted molar refractivity (Wildman–Crippen MR) is 223 cm³/mol. The number of ether oxygens (including phenoxy) is 1. The van der Waals surface area contributed by atoms with E-state index in [0.717, 1.165) is 28.4 Å². The van der Waals surface area contributed by atoms with E-state index >= 15 is 4.39 Å². The molecule has 3 aromatic rings. The fourth-order valence-electron chi connectivity index (χ4n) is 11.4. The predicted octanol–water partition coefficient (Wildman–Crippen LogP) is 5.34. The number of hydrogen-bond donors (Lipinski definition) is 1. The molecule has 6 aliphatic rings. The third kappa shape index (κ3) is 7.21. The summed E-state index contributed by atoms with van der Waals surface area (Å²) < 4.78 is 63.6. The number of nitriles is 1. The zero-order valence-electron chi connectivity index (χ0n) is 35.9. The monoisotopic (exact) mass is 884 g/mol. The number of piperazine rings is 1. The fraction of sp³-hybridized carbons (Fsp3) is 0.500. The van der Waals surface area contributed by atoms with Crippen molar-refractivity contribution in [3.8, 4) is 11.8 Å². The summed E-state index contributed by atoms with van der Waals surface area (Å²) in [6.45, 7) is 11.8. The lowest BCUT2D eigenvalue weighted by Gasteiger charge is -2.65. The van der Waals surface area contributed by atoms with Gasteiger partial charge in [-0.15, -0.1) is 0 Å². The topological polar surface area (TPSA) is 159 Å². The molecule has 0 radical (unpaired) electrons. The Balaban J connectivity index is 0.783. The Morgan fingerprint density at radius 2 is 1.45 bits per heavy atom. The minimum Gasteiger partial charge on any atom is -0.488 e. The number of nitrogens with zero attached hydrogens (tertiary/aromatic N) is 7. The molecule has 0 bridgehead atoms. The number of pyridine rings is 1. The highest BCUT2D eigenvalue weighted by Crippen LogP contribution is 2.59. The molecule has 1 unspecified atom stereocenters. The van der Waals surface area contributed by atoms with E-state index in [4.69, 9.17) is 10.00 Å². The fourth-order valence-corrected chi connectivity index (χ4v) is 11.4. The maximum atomic E-state index is 16.4. The lowest BCUT2D eigenvalue weighted by atomic mass is 9.49. The van der Waals surface area contributed by atoms with Gasteiger partial charge in [0.1, 0.15) is 29.6 Å². The molecule has 18 heteroatoms. The largest absolute Gasteiger partial charge is 0.488 e. The number of benzene rings is 2. The highest BCUT2D eigenvalue weighted by Gasteiger charge is 2.67. The molecule has 1 aliphatic carbocycles. The molecule has 4 fully saturated rings. The van der Waals surface area contributed by atoms with Crippen LogP contribution in [0.1, 0.15) is 101 Å². The Morgan fingerprint density at radius 3 is 2.09 bits per heavy atom. The minimum absolute atomic E-state index is 0.0359. The number of aromatic nitrogens is 1. The van der Waals surface area contributed by atoms with Gasteiger partial charge in [-0.05, 0) is 54.4 Å². The number of carbonyl (C=O) groups excluding carboxylic acids is 5. The smallest absolute Gasteiger partial charge is 0.419 e. The first-order valence-corrected chi connectivity index (χ1v) is 21.5. The Morgan fingerprint density at radius 1 is 0.828 bits per heavy atom. The van der Waals surface area contributed by atoms with Crippen LogP contribution in [0.25, 0.3) is 0 Å². The van der Waals surface area contributed by atoms with Crippen molar-refractivity contribution >= 4 is 40.9 Å². The van der Waals surface area contributed by atoms with E-state index in [9.17, 15) is 37.1 Å². The van der Waals surface area contributed by atoms with E-state index in [2.05, 4.69) is 20.1 Å². The van der Waals surface area contributed by atoms with E-state index in [1.54, 1.807) is 18.2 Å². The lowest BCUT2D eigenvalue weighted by molar-refractivity contribution is -0.199. The standard InChI is InChI=1S/C46H48F4N8O6/c1-43(2)41(44(3,4)42(43)64-29-21-33(46(48,49)50)34(22-51)52-23-29)57-24-26-19-27(5-7-30(26)38(57)61)56-17-15-54(16-18-56)25-45(47)11-13-55(14-12-45)28-6-8-31-32(20-28)40(63)58(39(31)62)35-9-10-36(59)53-37(35)60/h5-8,19-21,23,35,41-42H,9-18,24-25H2,1-4H3,(H,53,59,60)/t35?,41-,42-. The van der Waals surface area contributed by atoms with Gasteiger partial charge in [-0.25, -0.2) is 9.37 Å². The van der Waals surface area contributed by atoms with Crippen molar-refractivity contribution in [1.29, 1.82) is 5.26 Å². The van der Waals surface area contributed by atoms with E-state index < -0.39 is 69.7 Å². The number of hydrogen-bond acceptors (Lipinski definition) is 11. The van der Waals surface area contributed by atoms with Crippen LogP contribution in [0.5, 0.6) is 5.75 Å². The first kappa shape index (κ1) is 43.2. The molecule has 1 N–H and O–H groups in total. The number of alkyl halides is 4. The van der Waals surface area contributed by atoms with Crippen molar-refractivity contribution in [3.05, 3.63) is 82.2 Å². The summed E-state index contributed by atoms with van der Waals surface area (Å²) in [4.78, 5) is 77.4. The van der Waals surface area contributed by atoms with Crippen LogP contribution >= 0.6 is 0 Å². The van der Waals surface area contributed by atoms with Gasteiger partial charge in [0.25, 0.3) is 17.7 Å². The summed E-state index contributed by atoms with van der Waals surface area (Å²) in [5, 5.41) is 11.4. The lowest BCUT2D eigenvalue weighted by Crippen LogP contribution is -2.74. The Labute approximate surface area is 367 Å². The molecule has 5 amide bonds. The summed E-state index contributed by atoms with van der Waals surface area (Å²) in [5.74, 6) is -2.48. The van der Waals surface area contributed by atoms with Crippen molar-refractivity contribution in [3.63, 3.8) is 0 Å². The molecule has 64 heavy (non-hydrogen) atoms. The second-order valence-electron chi connectivity index (χ2n) is 19.1. The summed E-state index contributed by atoms with van der Waals surface area (Å²) in [6.07, 6.45) is -3.55. The molecule has 1 atom stereocenters. The first-order chi connectivity index (χ1) is 30.2. The number of nitrogens with one attached hydrogen (secondary N) is 1. The van der Waals surface area contributed by atoms with Crippen LogP contribution in [0, 0.1) is 22.2 Å². The number of anilines is 2. The van der Waals surface area contributed by atoms with Gasteiger partial charge >= 0.3 is 6.18 Å². The summed E-state index contributed by atoms with van der Waals surface area (Å²) >= 11 is 0. The number of carbonyl (C=O) groups is 5. The van der Waals surface area contributed by atoms with Gasteiger partial charge in [-0.3, -0.25) is 39.1 Å². The molecular formula is C46H48F4N8O6. The molecule has 336 valence electrons. The van der Waals surface area contributed by atoms with Crippen molar-refractivity contribution in [1.82, 2.24) is 25.0 Å². The van der Waals surface area contributed by atoms with Gasteiger partial charge in [0, 0.05) is 105 Å². The van der Waals surface area contributed by atoms with Crippen LogP contribution in [-0.2, 0) is 22.3 Å². The second-order valence-corrected chi connectivity index (χ2v) is 19.1. The van der Waals surface area contributed by atoms with Crippen molar-refractivity contribution < 1.29 is 46.3 Å². The Kier molecular flexibility index (Phi) is 10.3. The number of rotatable bonds is 8. The Hall–Kier alpha value is -6.09. The molecule has 1 aromatic heterocycles. The number of imide groups is 2. The number of amides is 5. The van der Waals surface area contributed by atoms with Crippen LogP contribution in [0.15, 0.2) is 48.7 Å². The van der Waals surface area contributed by atoms with Crippen LogP contribution in [0.2, 0.25) is 0 Å². The van der Waals surface area contributed by atoms with E-state index in [0.29, 0.717) is 57.1 Å². The molecule has 1 saturated carbocycles. The summed E-state index contributed by atoms with van der Waals surface area (Å²) in [5.41, 5.74) is -1.07. The maximum absolute atomic E-state index is 16.4. The zero-order chi connectivity index (χ0) is 45.7. The van der Waals surface area contributed by atoms with Crippen LogP contribution in [-0.4, -0.2) is 119 Å². The Bertz CT molecular complexity index is 2510. The molecule has 3 saturated heterocycles. The summed E-state index contributed by atoms with van der Waals surface area (Å²) in [6, 6.07) is 11.7. The highest BCUT2D eigenvalue weighted by atomic mass is 19.4. The quantitative estimate of drug-likeness (QED) is 0.230. The highest BCUT2D eigenvalue weighted by molar-refractivity contribution is 6.23. The number of piperidine rings is 2. The van der Waals surface area contributed by atoms with Gasteiger partial charge in [0.15, 0.2) is 5.69 Å². The van der Waals surface area contributed by atoms with Gasteiger partial charge in [0.2, 0.25) is 11.8 Å². The second kappa shape index (κ2) is 15.3. The third-order valence-corrected chi connectivity index (χ3v) is 14.2. The van der Waals surface area contributed by atoms with E-state index in [1.807, 2.05) is 55.7 Å². The van der Waals surface area contributed by atoms with Crippen LogP contribution in [0.4, 0.5) is 28.9 Å². The van der Waals surface area contributed by atoms with Crippen LogP contribution < -0.4 is 19.9 Å². The molecule has 0 spiro atoms. The first-order valence-electron chi connectivity index (χ1n) is 21.5.